The molecule has 1 aliphatic rings. The second-order valence-corrected chi connectivity index (χ2v) is 6.74. The molecule has 0 saturated carbocycles. The first kappa shape index (κ1) is 18.3. The summed E-state index contributed by atoms with van der Waals surface area (Å²) in [5.41, 5.74) is 3.73. The maximum atomic E-state index is 12.9. The number of carbonyl (C=O) groups excluding carboxylic acids is 1. The molecule has 2 amide bonds. The molecule has 0 radical (unpaired) electrons. The second-order valence-electron chi connectivity index (χ2n) is 6.74. The summed E-state index contributed by atoms with van der Waals surface area (Å²) < 4.78 is 6.79. The van der Waals surface area contributed by atoms with Gasteiger partial charge in [0.25, 0.3) is 0 Å². The molecule has 2 aromatic rings. The van der Waals surface area contributed by atoms with Crippen molar-refractivity contribution >= 4 is 11.7 Å². The van der Waals surface area contributed by atoms with E-state index in [2.05, 4.69) is 20.8 Å². The van der Waals surface area contributed by atoms with Gasteiger partial charge in [-0.3, -0.25) is 0 Å². The van der Waals surface area contributed by atoms with Crippen LogP contribution in [0.5, 0.6) is 0 Å². The number of carbonyl (C=O) groups is 1. The highest BCUT2D eigenvalue weighted by Crippen LogP contribution is 2.25. The van der Waals surface area contributed by atoms with Gasteiger partial charge in [-0.15, -0.1) is 5.10 Å². The smallest absolute Gasteiger partial charge is 0.322 e. The predicted molar refractivity (Wildman–Crippen MR) is 98.5 cm³/mol. The van der Waals surface area contributed by atoms with E-state index in [4.69, 9.17) is 4.74 Å². The first-order valence-corrected chi connectivity index (χ1v) is 9.01. The average molecular weight is 358 g/mol. The van der Waals surface area contributed by atoms with Gasteiger partial charge in [-0.2, -0.15) is 0 Å². The number of benzene rings is 1. The number of rotatable bonds is 5. The van der Waals surface area contributed by atoms with E-state index in [1.807, 2.05) is 30.9 Å². The van der Waals surface area contributed by atoms with Gasteiger partial charge in [0, 0.05) is 32.0 Å². The van der Waals surface area contributed by atoms with E-state index in [0.717, 1.165) is 54.7 Å². The van der Waals surface area contributed by atoms with Crippen LogP contribution in [0.1, 0.15) is 36.8 Å². The van der Waals surface area contributed by atoms with Crippen LogP contribution in [0.15, 0.2) is 18.5 Å². The van der Waals surface area contributed by atoms with Crippen molar-refractivity contribution in [2.45, 2.75) is 45.6 Å². The van der Waals surface area contributed by atoms with Crippen molar-refractivity contribution in [3.63, 3.8) is 0 Å². The summed E-state index contributed by atoms with van der Waals surface area (Å²) in [7, 11) is 1.70. The Hall–Kier alpha value is -2.48. The Morgan fingerprint density at radius 1 is 1.35 bits per heavy atom. The molecule has 1 N–H and O–H groups in total. The third-order valence-corrected chi connectivity index (χ3v) is 5.05. The number of aromatic nitrogens is 4. The minimum absolute atomic E-state index is 0.0535. The molecule has 1 aliphatic heterocycles. The molecule has 1 aromatic heterocycles. The molecule has 26 heavy (non-hydrogen) atoms. The van der Waals surface area contributed by atoms with Crippen LogP contribution in [-0.2, 0) is 4.74 Å². The number of amides is 2. The second kappa shape index (κ2) is 8.27. The Balaban J connectivity index is 1.79. The number of anilines is 1. The molecular weight excluding hydrogens is 332 g/mol. The van der Waals surface area contributed by atoms with Crippen molar-refractivity contribution in [3.05, 3.63) is 29.6 Å². The highest BCUT2D eigenvalue weighted by molar-refractivity contribution is 5.91. The molecule has 2 heterocycles. The summed E-state index contributed by atoms with van der Waals surface area (Å²) in [5, 5.41) is 14.4. The van der Waals surface area contributed by atoms with E-state index in [9.17, 15) is 4.79 Å². The van der Waals surface area contributed by atoms with Gasteiger partial charge in [0.1, 0.15) is 6.33 Å². The summed E-state index contributed by atoms with van der Waals surface area (Å²) in [6.45, 7) is 5.47. The molecular formula is C18H26N6O2. The van der Waals surface area contributed by atoms with Crippen LogP contribution in [0.3, 0.4) is 0 Å². The van der Waals surface area contributed by atoms with Crippen molar-refractivity contribution in [2.75, 3.05) is 25.6 Å². The molecule has 1 saturated heterocycles. The number of likely N-dealkylation sites (tertiary alicyclic amines) is 1. The minimum Gasteiger partial charge on any atom is -0.385 e. The minimum atomic E-state index is -0.0535. The van der Waals surface area contributed by atoms with Gasteiger partial charge >= 0.3 is 6.03 Å². The van der Waals surface area contributed by atoms with E-state index in [-0.39, 0.29) is 12.1 Å². The van der Waals surface area contributed by atoms with E-state index in [0.29, 0.717) is 6.61 Å². The SMILES string of the molecule is COCC[C@@H]1CCCCN1C(=O)Nc1cc(-n2cnnn2)cc(C)c1C. The molecule has 1 atom stereocenters. The lowest BCUT2D eigenvalue weighted by molar-refractivity contribution is 0.123. The van der Waals surface area contributed by atoms with Gasteiger partial charge in [0.05, 0.1) is 5.69 Å². The molecule has 0 spiro atoms. The monoisotopic (exact) mass is 358 g/mol. The number of urea groups is 1. The quantitative estimate of drug-likeness (QED) is 0.888. The van der Waals surface area contributed by atoms with Crippen LogP contribution in [-0.4, -0.2) is 57.4 Å². The van der Waals surface area contributed by atoms with Crippen molar-refractivity contribution in [1.29, 1.82) is 0 Å². The van der Waals surface area contributed by atoms with Gasteiger partial charge in [0.15, 0.2) is 0 Å². The van der Waals surface area contributed by atoms with Crippen LogP contribution in [0.4, 0.5) is 10.5 Å². The van der Waals surface area contributed by atoms with Crippen molar-refractivity contribution in [2.24, 2.45) is 0 Å². The van der Waals surface area contributed by atoms with Gasteiger partial charge in [-0.05, 0) is 73.2 Å². The molecule has 8 heteroatoms. The zero-order valence-electron chi connectivity index (χ0n) is 15.6. The predicted octanol–water partition coefficient (Wildman–Crippen LogP) is 2.70. The Morgan fingerprint density at radius 3 is 2.92 bits per heavy atom. The summed E-state index contributed by atoms with van der Waals surface area (Å²) in [5.74, 6) is 0. The summed E-state index contributed by atoms with van der Waals surface area (Å²) >= 11 is 0. The lowest BCUT2D eigenvalue weighted by Crippen LogP contribution is -2.46. The Morgan fingerprint density at radius 2 is 2.19 bits per heavy atom. The van der Waals surface area contributed by atoms with Gasteiger partial charge < -0.3 is 15.0 Å². The van der Waals surface area contributed by atoms with Crippen LogP contribution < -0.4 is 5.32 Å². The normalized spacial score (nSPS) is 17.3. The van der Waals surface area contributed by atoms with Crippen LogP contribution >= 0.6 is 0 Å². The topological polar surface area (TPSA) is 85.2 Å². The molecule has 8 nitrogen and oxygen atoms in total. The molecule has 1 fully saturated rings. The Bertz CT molecular complexity index is 746. The number of nitrogens with one attached hydrogen (secondary N) is 1. The standard InChI is InChI=1S/C18H26N6O2/c1-13-10-16(24-12-19-21-22-24)11-17(14(13)2)20-18(25)23-8-5-4-6-15(23)7-9-26-3/h10-12,15H,4-9H2,1-3H3,(H,20,25)/t15-/m0/s1. The Labute approximate surface area is 153 Å². The third-order valence-electron chi connectivity index (χ3n) is 5.05. The summed E-state index contributed by atoms with van der Waals surface area (Å²) in [6.07, 6.45) is 5.64. The summed E-state index contributed by atoms with van der Waals surface area (Å²) in [4.78, 5) is 14.9. The Kier molecular flexibility index (Phi) is 5.82. The molecule has 3 rings (SSSR count). The van der Waals surface area contributed by atoms with Gasteiger partial charge in [0.2, 0.25) is 0 Å². The number of tetrazole rings is 1. The number of hydrogen-bond donors (Lipinski definition) is 1. The largest absolute Gasteiger partial charge is 0.385 e. The maximum absolute atomic E-state index is 12.9. The first-order chi connectivity index (χ1) is 12.6. The van der Waals surface area contributed by atoms with Crippen LogP contribution in [0.2, 0.25) is 0 Å². The number of methoxy groups -OCH3 is 1. The molecule has 0 aliphatic carbocycles. The lowest BCUT2D eigenvalue weighted by Gasteiger charge is -2.36. The highest BCUT2D eigenvalue weighted by atomic mass is 16.5. The fraction of sp³-hybridized carbons (Fsp3) is 0.556. The van der Waals surface area contributed by atoms with Gasteiger partial charge in [-0.1, -0.05) is 0 Å². The van der Waals surface area contributed by atoms with E-state index in [1.165, 1.54) is 0 Å². The summed E-state index contributed by atoms with van der Waals surface area (Å²) in [6, 6.07) is 4.09. The third kappa shape index (κ3) is 4.01. The zero-order valence-corrected chi connectivity index (χ0v) is 15.6. The van der Waals surface area contributed by atoms with Crippen molar-refractivity contribution in [3.8, 4) is 5.69 Å². The number of ether oxygens (including phenoxy) is 1. The fourth-order valence-corrected chi connectivity index (χ4v) is 3.39. The number of nitrogens with zero attached hydrogens (tertiary/aromatic N) is 5. The molecule has 0 bridgehead atoms. The zero-order chi connectivity index (χ0) is 18.5. The van der Waals surface area contributed by atoms with Crippen molar-refractivity contribution in [1.82, 2.24) is 25.1 Å². The first-order valence-electron chi connectivity index (χ1n) is 9.01. The fourth-order valence-electron chi connectivity index (χ4n) is 3.39. The van der Waals surface area contributed by atoms with Crippen LogP contribution in [0.25, 0.3) is 5.69 Å². The number of piperidine rings is 1. The van der Waals surface area contributed by atoms with Crippen LogP contribution in [0, 0.1) is 13.8 Å². The van der Waals surface area contributed by atoms with Gasteiger partial charge in [-0.25, -0.2) is 9.48 Å². The highest BCUT2D eigenvalue weighted by Gasteiger charge is 2.26. The van der Waals surface area contributed by atoms with E-state index in [1.54, 1.807) is 18.1 Å². The van der Waals surface area contributed by atoms with Crippen molar-refractivity contribution < 1.29 is 9.53 Å². The number of hydrogen-bond acceptors (Lipinski definition) is 5. The lowest BCUT2D eigenvalue weighted by atomic mass is 10.00. The maximum Gasteiger partial charge on any atom is 0.322 e. The molecule has 0 unspecified atom stereocenters. The van der Waals surface area contributed by atoms with E-state index >= 15 is 0 Å². The molecule has 1 aromatic carbocycles. The average Bonchev–Trinajstić information content (AvgIpc) is 3.18. The number of aryl methyl sites for hydroxylation is 1. The molecule has 140 valence electrons. The van der Waals surface area contributed by atoms with E-state index < -0.39 is 0 Å².